The molecule has 4 nitrogen and oxygen atoms in total. The molecule has 1 aromatic carbocycles. The van der Waals surface area contributed by atoms with E-state index in [9.17, 15) is 5.11 Å². The highest BCUT2D eigenvalue weighted by Gasteiger charge is 2.27. The fraction of sp³-hybridized carbons (Fsp3) is 0.400. The standard InChI is InChI=1S/C15H19N3O/c1-2-18-10-12(9-17-18)15(19)14-13-6-4-3-5-11(13)7-8-16-14/h3-6,9-10,14-16,19H,2,7-8H2,1H3. The van der Waals surface area contributed by atoms with E-state index in [-0.39, 0.29) is 6.04 Å². The second-order valence-electron chi connectivity index (χ2n) is 4.95. The zero-order valence-corrected chi connectivity index (χ0v) is 11.1. The van der Waals surface area contributed by atoms with Gasteiger partial charge in [0, 0.05) is 18.3 Å². The molecule has 1 aliphatic heterocycles. The van der Waals surface area contributed by atoms with E-state index in [4.69, 9.17) is 0 Å². The van der Waals surface area contributed by atoms with E-state index < -0.39 is 6.10 Å². The molecule has 2 N–H and O–H groups in total. The van der Waals surface area contributed by atoms with Gasteiger partial charge in [0.15, 0.2) is 0 Å². The zero-order chi connectivity index (χ0) is 13.2. The summed E-state index contributed by atoms with van der Waals surface area (Å²) >= 11 is 0. The van der Waals surface area contributed by atoms with Crippen molar-refractivity contribution in [1.82, 2.24) is 15.1 Å². The summed E-state index contributed by atoms with van der Waals surface area (Å²) in [6.45, 7) is 3.76. The van der Waals surface area contributed by atoms with Crippen LogP contribution in [0.3, 0.4) is 0 Å². The Morgan fingerprint density at radius 3 is 3.11 bits per heavy atom. The highest BCUT2D eigenvalue weighted by Crippen LogP contribution is 2.32. The first-order valence-corrected chi connectivity index (χ1v) is 6.81. The number of benzene rings is 1. The number of aliphatic hydroxyl groups is 1. The maximum atomic E-state index is 10.6. The van der Waals surface area contributed by atoms with E-state index >= 15 is 0 Å². The van der Waals surface area contributed by atoms with Gasteiger partial charge in [-0.3, -0.25) is 4.68 Å². The van der Waals surface area contributed by atoms with E-state index in [0.717, 1.165) is 25.1 Å². The molecule has 2 atom stereocenters. The predicted octanol–water partition coefficient (Wildman–Crippen LogP) is 1.82. The minimum absolute atomic E-state index is 0.0422. The number of rotatable bonds is 3. The van der Waals surface area contributed by atoms with E-state index in [1.165, 1.54) is 11.1 Å². The second kappa shape index (κ2) is 5.15. The number of aromatic nitrogens is 2. The third kappa shape index (κ3) is 2.29. The highest BCUT2D eigenvalue weighted by atomic mass is 16.3. The van der Waals surface area contributed by atoms with Crippen molar-refractivity contribution in [3.63, 3.8) is 0 Å². The molecule has 4 heteroatoms. The Balaban J connectivity index is 1.90. The van der Waals surface area contributed by atoms with Crippen molar-refractivity contribution in [2.24, 2.45) is 0 Å². The maximum Gasteiger partial charge on any atom is 0.101 e. The van der Waals surface area contributed by atoms with Crippen LogP contribution in [0.4, 0.5) is 0 Å². The molecule has 0 aliphatic carbocycles. The van der Waals surface area contributed by atoms with E-state index in [1.54, 1.807) is 6.20 Å². The van der Waals surface area contributed by atoms with Gasteiger partial charge in [0.2, 0.25) is 0 Å². The monoisotopic (exact) mass is 257 g/mol. The molecule has 0 amide bonds. The Hall–Kier alpha value is -1.65. The van der Waals surface area contributed by atoms with Crippen LogP contribution < -0.4 is 5.32 Å². The van der Waals surface area contributed by atoms with E-state index in [1.807, 2.05) is 23.9 Å². The van der Waals surface area contributed by atoms with Crippen LogP contribution in [-0.2, 0) is 13.0 Å². The largest absolute Gasteiger partial charge is 0.386 e. The predicted molar refractivity (Wildman–Crippen MR) is 73.8 cm³/mol. The third-order valence-electron chi connectivity index (χ3n) is 3.78. The molecular weight excluding hydrogens is 238 g/mol. The average molecular weight is 257 g/mol. The van der Waals surface area contributed by atoms with Crippen molar-refractivity contribution in [2.45, 2.75) is 32.0 Å². The summed E-state index contributed by atoms with van der Waals surface area (Å²) in [5.74, 6) is 0. The van der Waals surface area contributed by atoms with Gasteiger partial charge in [-0.2, -0.15) is 5.10 Å². The molecule has 0 saturated heterocycles. The molecule has 0 radical (unpaired) electrons. The van der Waals surface area contributed by atoms with Crippen LogP contribution in [0.5, 0.6) is 0 Å². The Labute approximate surface area is 113 Å². The van der Waals surface area contributed by atoms with Crippen LogP contribution in [0.2, 0.25) is 0 Å². The number of hydrogen-bond donors (Lipinski definition) is 2. The van der Waals surface area contributed by atoms with Crippen LogP contribution in [0.1, 0.15) is 35.8 Å². The quantitative estimate of drug-likeness (QED) is 0.882. The summed E-state index contributed by atoms with van der Waals surface area (Å²) in [7, 11) is 0. The number of hydrogen-bond acceptors (Lipinski definition) is 3. The van der Waals surface area contributed by atoms with Crippen molar-refractivity contribution in [2.75, 3.05) is 6.54 Å². The van der Waals surface area contributed by atoms with Gasteiger partial charge in [0.1, 0.15) is 6.10 Å². The molecule has 0 fully saturated rings. The first-order valence-electron chi connectivity index (χ1n) is 6.81. The van der Waals surface area contributed by atoms with Crippen molar-refractivity contribution in [3.8, 4) is 0 Å². The van der Waals surface area contributed by atoms with Crippen LogP contribution in [0.25, 0.3) is 0 Å². The molecule has 19 heavy (non-hydrogen) atoms. The molecule has 2 aromatic rings. The summed E-state index contributed by atoms with van der Waals surface area (Å²) in [5.41, 5.74) is 3.40. The first kappa shape index (κ1) is 12.4. The van der Waals surface area contributed by atoms with E-state index in [2.05, 4.69) is 28.6 Å². The minimum Gasteiger partial charge on any atom is -0.386 e. The number of nitrogens with zero attached hydrogens (tertiary/aromatic N) is 2. The summed E-state index contributed by atoms with van der Waals surface area (Å²) in [6, 6.07) is 8.29. The molecule has 3 rings (SSSR count). The minimum atomic E-state index is -0.554. The second-order valence-corrected chi connectivity index (χ2v) is 4.95. The average Bonchev–Trinajstić information content (AvgIpc) is 2.95. The number of aliphatic hydroxyl groups excluding tert-OH is 1. The Bertz CT molecular complexity index is 564. The summed E-state index contributed by atoms with van der Waals surface area (Å²) in [5, 5.41) is 18.2. The Kier molecular flexibility index (Phi) is 3.36. The lowest BCUT2D eigenvalue weighted by atomic mass is 9.89. The summed E-state index contributed by atoms with van der Waals surface area (Å²) in [6.07, 6.45) is 4.14. The lowest BCUT2D eigenvalue weighted by Crippen LogP contribution is -2.33. The van der Waals surface area contributed by atoms with Crippen molar-refractivity contribution >= 4 is 0 Å². The van der Waals surface area contributed by atoms with Crippen LogP contribution in [-0.4, -0.2) is 21.4 Å². The van der Waals surface area contributed by atoms with Gasteiger partial charge in [0.05, 0.1) is 12.2 Å². The topological polar surface area (TPSA) is 50.1 Å². The van der Waals surface area contributed by atoms with Gasteiger partial charge in [-0.1, -0.05) is 24.3 Å². The molecule has 0 saturated carbocycles. The molecule has 100 valence electrons. The molecule has 0 spiro atoms. The SMILES string of the molecule is CCn1cc(C(O)C2NCCc3ccccc32)cn1. The maximum absolute atomic E-state index is 10.6. The normalized spacial score (nSPS) is 20.0. The lowest BCUT2D eigenvalue weighted by molar-refractivity contribution is 0.125. The molecule has 0 bridgehead atoms. The van der Waals surface area contributed by atoms with Crippen LogP contribution in [0, 0.1) is 0 Å². The lowest BCUT2D eigenvalue weighted by Gasteiger charge is -2.30. The molecule has 1 aromatic heterocycles. The fourth-order valence-electron chi connectivity index (χ4n) is 2.72. The smallest absolute Gasteiger partial charge is 0.101 e. The van der Waals surface area contributed by atoms with Gasteiger partial charge in [-0.15, -0.1) is 0 Å². The van der Waals surface area contributed by atoms with Gasteiger partial charge in [0.25, 0.3) is 0 Å². The summed E-state index contributed by atoms with van der Waals surface area (Å²) in [4.78, 5) is 0. The molecular formula is C15H19N3O. The van der Waals surface area contributed by atoms with Crippen molar-refractivity contribution in [3.05, 3.63) is 53.3 Å². The number of fused-ring (bicyclic) bond motifs is 1. The zero-order valence-electron chi connectivity index (χ0n) is 11.1. The summed E-state index contributed by atoms with van der Waals surface area (Å²) < 4.78 is 1.84. The third-order valence-corrected chi connectivity index (χ3v) is 3.78. The van der Waals surface area contributed by atoms with Gasteiger partial charge < -0.3 is 10.4 Å². The first-order chi connectivity index (χ1) is 9.29. The van der Waals surface area contributed by atoms with Crippen LogP contribution in [0.15, 0.2) is 36.7 Å². The van der Waals surface area contributed by atoms with Gasteiger partial charge in [-0.25, -0.2) is 0 Å². The number of nitrogens with one attached hydrogen (secondary N) is 1. The fourth-order valence-corrected chi connectivity index (χ4v) is 2.72. The van der Waals surface area contributed by atoms with E-state index in [0.29, 0.717) is 0 Å². The van der Waals surface area contributed by atoms with Gasteiger partial charge >= 0.3 is 0 Å². The van der Waals surface area contributed by atoms with Gasteiger partial charge in [-0.05, 0) is 31.0 Å². The molecule has 2 unspecified atom stereocenters. The number of aryl methyl sites for hydroxylation is 1. The Morgan fingerprint density at radius 2 is 2.32 bits per heavy atom. The van der Waals surface area contributed by atoms with Crippen molar-refractivity contribution in [1.29, 1.82) is 0 Å². The molecule has 2 heterocycles. The Morgan fingerprint density at radius 1 is 1.47 bits per heavy atom. The highest BCUT2D eigenvalue weighted by molar-refractivity contribution is 5.34. The molecule has 1 aliphatic rings. The van der Waals surface area contributed by atoms with Crippen molar-refractivity contribution < 1.29 is 5.11 Å². The van der Waals surface area contributed by atoms with Crippen LogP contribution >= 0.6 is 0 Å².